The molecular weight excluding hydrogens is 448 g/mol. The number of benzene rings is 2. The molecule has 8 nitrogen and oxygen atoms in total. The molecule has 35 heavy (non-hydrogen) atoms. The van der Waals surface area contributed by atoms with Gasteiger partial charge in [0.2, 0.25) is 11.8 Å². The van der Waals surface area contributed by atoms with Crippen LogP contribution in [0.25, 0.3) is 12.2 Å². The number of amides is 2. The van der Waals surface area contributed by atoms with E-state index in [-0.39, 0.29) is 13.2 Å². The number of aliphatic hydroxyl groups excluding tert-OH is 1. The number of carboxylic acid groups (broad SMARTS) is 1. The van der Waals surface area contributed by atoms with Gasteiger partial charge in [0.1, 0.15) is 0 Å². The molecule has 4 atom stereocenters. The van der Waals surface area contributed by atoms with E-state index in [1.807, 2.05) is 73.7 Å². The fraction of sp³-hybridized carbons (Fsp3) is 0.370. The number of carboxylic acids is 1. The Morgan fingerprint density at radius 3 is 2.29 bits per heavy atom. The van der Waals surface area contributed by atoms with E-state index in [0.717, 1.165) is 22.4 Å². The molecule has 2 heterocycles. The number of imide groups is 1. The molecule has 2 fully saturated rings. The quantitative estimate of drug-likeness (QED) is 0.273. The van der Waals surface area contributed by atoms with E-state index in [4.69, 9.17) is 4.74 Å². The fourth-order valence-electron chi connectivity index (χ4n) is 4.95. The largest absolute Gasteiger partial charge is 0.480 e. The van der Waals surface area contributed by atoms with Crippen LogP contribution in [0.5, 0.6) is 0 Å². The molecule has 2 aromatic rings. The topological polar surface area (TPSA) is 116 Å². The van der Waals surface area contributed by atoms with Crippen LogP contribution < -0.4 is 5.32 Å². The molecule has 2 aliphatic heterocycles. The van der Waals surface area contributed by atoms with Gasteiger partial charge in [0.05, 0.1) is 31.6 Å². The minimum Gasteiger partial charge on any atom is -0.480 e. The number of hydrogen-bond donors (Lipinski definition) is 3. The van der Waals surface area contributed by atoms with E-state index in [2.05, 4.69) is 5.32 Å². The van der Waals surface area contributed by atoms with Crippen LogP contribution in [0.3, 0.4) is 0 Å². The van der Waals surface area contributed by atoms with Gasteiger partial charge in [-0.1, -0.05) is 73.7 Å². The maximum absolute atomic E-state index is 13.3. The predicted molar refractivity (Wildman–Crippen MR) is 130 cm³/mol. The Labute approximate surface area is 204 Å². The van der Waals surface area contributed by atoms with Crippen LogP contribution in [0.1, 0.15) is 36.1 Å². The molecule has 3 N–H and O–H groups in total. The number of aliphatic carboxylic acids is 1. The first kappa shape index (κ1) is 24.8. The summed E-state index contributed by atoms with van der Waals surface area (Å²) in [5, 5.41) is 23.0. The van der Waals surface area contributed by atoms with Crippen molar-refractivity contribution in [2.75, 3.05) is 26.4 Å². The molecule has 4 unspecified atom stereocenters. The summed E-state index contributed by atoms with van der Waals surface area (Å²) in [6.07, 6.45) is 4.75. The molecule has 2 aliphatic rings. The number of carbonyl (C=O) groups is 3. The van der Waals surface area contributed by atoms with Gasteiger partial charge >= 0.3 is 5.97 Å². The maximum atomic E-state index is 13.3. The van der Waals surface area contributed by atoms with Crippen molar-refractivity contribution in [1.82, 2.24) is 10.2 Å². The highest BCUT2D eigenvalue weighted by Crippen LogP contribution is 2.48. The van der Waals surface area contributed by atoms with Gasteiger partial charge in [0.25, 0.3) is 0 Å². The number of likely N-dealkylation sites (tertiary alicyclic amines) is 1. The zero-order chi connectivity index (χ0) is 25.0. The molecule has 184 valence electrons. The van der Waals surface area contributed by atoms with Crippen molar-refractivity contribution < 1.29 is 29.3 Å². The number of rotatable bonds is 10. The molecule has 0 radical (unpaired) electrons. The highest BCUT2D eigenvalue weighted by atomic mass is 16.5. The zero-order valence-electron chi connectivity index (χ0n) is 19.6. The third kappa shape index (κ3) is 4.65. The third-order valence-electron chi connectivity index (χ3n) is 6.75. The van der Waals surface area contributed by atoms with Crippen molar-refractivity contribution in [2.45, 2.75) is 24.9 Å². The minimum absolute atomic E-state index is 0.0573. The number of fused-ring (bicyclic) bond motifs is 1. The van der Waals surface area contributed by atoms with Crippen LogP contribution in [-0.2, 0) is 19.1 Å². The second-order valence-electron chi connectivity index (χ2n) is 8.91. The van der Waals surface area contributed by atoms with Gasteiger partial charge in [-0.25, -0.2) is 0 Å². The Hall–Kier alpha value is -3.33. The van der Waals surface area contributed by atoms with Crippen LogP contribution in [0.2, 0.25) is 0 Å². The minimum atomic E-state index is -1.94. The number of hydrogen-bond acceptors (Lipinski definition) is 6. The van der Waals surface area contributed by atoms with Crippen LogP contribution in [0.4, 0.5) is 0 Å². The summed E-state index contributed by atoms with van der Waals surface area (Å²) in [5.41, 5.74) is 0.734. The molecule has 2 aromatic carbocycles. The Balaban J connectivity index is 1.60. The number of ether oxygens (including phenoxy) is 1. The molecule has 0 aliphatic carbocycles. The SMILES string of the molecule is CCCOCCN1C(=O)C2C(c3ccc(C=Cc4ccccc4)cc3)NC(CO)(C(=O)O)C2C1=O. The second kappa shape index (κ2) is 10.5. The molecule has 0 bridgehead atoms. The standard InChI is InChI=1S/C27H30N2O6/c1-2-15-35-16-14-29-24(31)21-22(25(29)32)27(17-30,26(33)34)28-23(21)20-12-10-19(11-13-20)9-8-18-6-4-3-5-7-18/h3-13,21-23,28,30H,2,14-17H2,1H3,(H,33,34). The monoisotopic (exact) mass is 478 g/mol. The molecule has 0 saturated carbocycles. The summed E-state index contributed by atoms with van der Waals surface area (Å²) in [6.45, 7) is 1.90. The molecule has 8 heteroatoms. The second-order valence-corrected chi connectivity index (χ2v) is 8.91. The van der Waals surface area contributed by atoms with Gasteiger partial charge in [0, 0.05) is 12.6 Å². The van der Waals surface area contributed by atoms with Gasteiger partial charge in [-0.3, -0.25) is 24.6 Å². The van der Waals surface area contributed by atoms with Crippen molar-refractivity contribution in [3.63, 3.8) is 0 Å². The molecule has 4 rings (SSSR count). The fourth-order valence-corrected chi connectivity index (χ4v) is 4.95. The molecule has 2 saturated heterocycles. The first-order chi connectivity index (χ1) is 16.9. The molecule has 0 spiro atoms. The highest BCUT2D eigenvalue weighted by molar-refractivity contribution is 6.09. The lowest BCUT2D eigenvalue weighted by molar-refractivity contribution is -0.153. The van der Waals surface area contributed by atoms with Crippen LogP contribution in [0.15, 0.2) is 54.6 Å². The van der Waals surface area contributed by atoms with E-state index in [0.29, 0.717) is 12.2 Å². The number of aliphatic hydroxyl groups is 1. The summed E-state index contributed by atoms with van der Waals surface area (Å²) in [7, 11) is 0. The third-order valence-corrected chi connectivity index (χ3v) is 6.75. The Bertz CT molecular complexity index is 1100. The summed E-state index contributed by atoms with van der Waals surface area (Å²) < 4.78 is 5.43. The van der Waals surface area contributed by atoms with Crippen molar-refractivity contribution in [3.8, 4) is 0 Å². The van der Waals surface area contributed by atoms with E-state index in [1.165, 1.54) is 0 Å². The van der Waals surface area contributed by atoms with Gasteiger partial charge in [0.15, 0.2) is 5.54 Å². The van der Waals surface area contributed by atoms with Gasteiger partial charge in [-0.15, -0.1) is 0 Å². The Kier molecular flexibility index (Phi) is 7.45. The van der Waals surface area contributed by atoms with Crippen LogP contribution in [0, 0.1) is 11.8 Å². The smallest absolute Gasteiger partial charge is 0.327 e. The van der Waals surface area contributed by atoms with Crippen LogP contribution in [-0.4, -0.2) is 64.8 Å². The lowest BCUT2D eigenvalue weighted by Crippen LogP contribution is -2.58. The van der Waals surface area contributed by atoms with Crippen molar-refractivity contribution in [2.24, 2.45) is 11.8 Å². The average molecular weight is 479 g/mol. The van der Waals surface area contributed by atoms with E-state index in [9.17, 15) is 24.6 Å². The zero-order valence-corrected chi connectivity index (χ0v) is 19.6. The highest BCUT2D eigenvalue weighted by Gasteiger charge is 2.68. The van der Waals surface area contributed by atoms with E-state index >= 15 is 0 Å². The lowest BCUT2D eigenvalue weighted by atomic mass is 9.79. The molecular formula is C27H30N2O6. The maximum Gasteiger partial charge on any atom is 0.327 e. The normalized spacial score (nSPS) is 26.0. The predicted octanol–water partition coefficient (Wildman–Crippen LogP) is 2.34. The van der Waals surface area contributed by atoms with Crippen molar-refractivity contribution >= 4 is 29.9 Å². The summed E-state index contributed by atoms with van der Waals surface area (Å²) in [6, 6.07) is 16.5. The summed E-state index contributed by atoms with van der Waals surface area (Å²) in [5.74, 6) is -4.52. The van der Waals surface area contributed by atoms with Crippen LogP contribution >= 0.6 is 0 Å². The van der Waals surface area contributed by atoms with Gasteiger partial charge < -0.3 is 14.9 Å². The molecule has 2 amide bonds. The van der Waals surface area contributed by atoms with Gasteiger partial charge in [-0.2, -0.15) is 0 Å². The van der Waals surface area contributed by atoms with Gasteiger partial charge in [-0.05, 0) is 23.1 Å². The lowest BCUT2D eigenvalue weighted by Gasteiger charge is -2.29. The first-order valence-corrected chi connectivity index (χ1v) is 11.8. The number of nitrogens with one attached hydrogen (secondary N) is 1. The summed E-state index contributed by atoms with van der Waals surface area (Å²) >= 11 is 0. The number of nitrogens with zero attached hydrogens (tertiary/aromatic N) is 1. The van der Waals surface area contributed by atoms with Crippen molar-refractivity contribution in [1.29, 1.82) is 0 Å². The first-order valence-electron chi connectivity index (χ1n) is 11.8. The number of carbonyl (C=O) groups excluding carboxylic acids is 2. The average Bonchev–Trinajstić information content (AvgIpc) is 3.36. The van der Waals surface area contributed by atoms with E-state index in [1.54, 1.807) is 0 Å². The Morgan fingerprint density at radius 2 is 1.69 bits per heavy atom. The summed E-state index contributed by atoms with van der Waals surface area (Å²) in [4.78, 5) is 39.9. The van der Waals surface area contributed by atoms with Crippen molar-refractivity contribution in [3.05, 3.63) is 71.3 Å². The Morgan fingerprint density at radius 1 is 1.03 bits per heavy atom. The van der Waals surface area contributed by atoms with E-state index < -0.39 is 47.8 Å². The molecule has 0 aromatic heterocycles.